The van der Waals surface area contributed by atoms with E-state index in [1.54, 1.807) is 7.11 Å². The van der Waals surface area contributed by atoms with E-state index in [2.05, 4.69) is 28.7 Å². The van der Waals surface area contributed by atoms with Gasteiger partial charge in [-0.05, 0) is 26.8 Å². The van der Waals surface area contributed by atoms with Crippen molar-refractivity contribution in [1.82, 2.24) is 9.97 Å². The molecule has 0 saturated carbocycles. The highest BCUT2D eigenvalue weighted by molar-refractivity contribution is 5.41. The highest BCUT2D eigenvalue weighted by atomic mass is 16.5. The Morgan fingerprint density at radius 2 is 2.19 bits per heavy atom. The first-order chi connectivity index (χ1) is 7.69. The summed E-state index contributed by atoms with van der Waals surface area (Å²) >= 11 is 0. The monoisotopic (exact) mass is 224 g/mol. The van der Waals surface area contributed by atoms with E-state index in [4.69, 9.17) is 10.5 Å². The number of nitrogens with zero attached hydrogens (tertiary/aromatic N) is 3. The first-order valence-electron chi connectivity index (χ1n) is 5.51. The van der Waals surface area contributed by atoms with Crippen molar-refractivity contribution >= 4 is 5.82 Å². The van der Waals surface area contributed by atoms with E-state index in [9.17, 15) is 0 Å². The summed E-state index contributed by atoms with van der Waals surface area (Å²) in [5.41, 5.74) is 5.53. The maximum Gasteiger partial charge on any atom is 0.218 e. The Morgan fingerprint density at radius 1 is 1.44 bits per heavy atom. The lowest BCUT2D eigenvalue weighted by Crippen LogP contribution is -2.33. The summed E-state index contributed by atoms with van der Waals surface area (Å²) in [4.78, 5) is 10.4. The fourth-order valence-electron chi connectivity index (χ4n) is 1.50. The Morgan fingerprint density at radius 3 is 2.75 bits per heavy atom. The SMILES string of the molecule is COc1cc(N(CCCN)C(C)C)ncn1. The molecular weight excluding hydrogens is 204 g/mol. The van der Waals surface area contributed by atoms with Gasteiger partial charge in [0, 0.05) is 18.7 Å². The number of anilines is 1. The third-order valence-corrected chi connectivity index (χ3v) is 2.36. The second-order valence-electron chi connectivity index (χ2n) is 3.85. The number of nitrogens with two attached hydrogens (primary N) is 1. The molecular formula is C11H20N4O. The molecule has 1 rings (SSSR count). The molecule has 2 N–H and O–H groups in total. The lowest BCUT2D eigenvalue weighted by molar-refractivity contribution is 0.396. The van der Waals surface area contributed by atoms with Crippen LogP contribution in [0.3, 0.4) is 0 Å². The van der Waals surface area contributed by atoms with Crippen molar-refractivity contribution in [2.24, 2.45) is 5.73 Å². The van der Waals surface area contributed by atoms with Gasteiger partial charge in [-0.2, -0.15) is 0 Å². The molecule has 0 amide bonds. The van der Waals surface area contributed by atoms with Crippen molar-refractivity contribution in [1.29, 1.82) is 0 Å². The third-order valence-electron chi connectivity index (χ3n) is 2.36. The molecule has 1 aromatic heterocycles. The van der Waals surface area contributed by atoms with Gasteiger partial charge in [0.1, 0.15) is 12.1 Å². The molecule has 5 nitrogen and oxygen atoms in total. The molecule has 5 heteroatoms. The molecule has 0 aliphatic rings. The molecule has 0 saturated heterocycles. The first-order valence-corrected chi connectivity index (χ1v) is 5.51. The summed E-state index contributed by atoms with van der Waals surface area (Å²) in [6.45, 7) is 5.84. The summed E-state index contributed by atoms with van der Waals surface area (Å²) in [5, 5.41) is 0. The summed E-state index contributed by atoms with van der Waals surface area (Å²) in [6, 6.07) is 2.22. The van der Waals surface area contributed by atoms with Crippen molar-refractivity contribution in [3.05, 3.63) is 12.4 Å². The van der Waals surface area contributed by atoms with E-state index >= 15 is 0 Å². The van der Waals surface area contributed by atoms with Gasteiger partial charge in [0.25, 0.3) is 0 Å². The highest BCUT2D eigenvalue weighted by Gasteiger charge is 2.12. The van der Waals surface area contributed by atoms with Crippen LogP contribution in [-0.4, -0.2) is 36.2 Å². The smallest absolute Gasteiger partial charge is 0.218 e. The largest absolute Gasteiger partial charge is 0.481 e. The first kappa shape index (κ1) is 12.7. The van der Waals surface area contributed by atoms with Crippen LogP contribution in [-0.2, 0) is 0 Å². The molecule has 1 heterocycles. The Labute approximate surface area is 96.6 Å². The van der Waals surface area contributed by atoms with Gasteiger partial charge < -0.3 is 15.4 Å². The van der Waals surface area contributed by atoms with E-state index in [0.717, 1.165) is 18.8 Å². The molecule has 0 aromatic carbocycles. The fraction of sp³-hybridized carbons (Fsp3) is 0.636. The Hall–Kier alpha value is -1.36. The van der Waals surface area contributed by atoms with Gasteiger partial charge in [-0.1, -0.05) is 0 Å². The number of ether oxygens (including phenoxy) is 1. The average molecular weight is 224 g/mol. The van der Waals surface area contributed by atoms with Crippen molar-refractivity contribution in [2.45, 2.75) is 26.3 Å². The van der Waals surface area contributed by atoms with Crippen molar-refractivity contribution in [3.8, 4) is 5.88 Å². The van der Waals surface area contributed by atoms with Crippen LogP contribution in [0.4, 0.5) is 5.82 Å². The zero-order valence-electron chi connectivity index (χ0n) is 10.2. The molecule has 16 heavy (non-hydrogen) atoms. The minimum absolute atomic E-state index is 0.381. The van der Waals surface area contributed by atoms with E-state index in [-0.39, 0.29) is 0 Å². The minimum atomic E-state index is 0.381. The molecule has 0 radical (unpaired) electrons. The molecule has 0 aliphatic carbocycles. The molecule has 90 valence electrons. The summed E-state index contributed by atoms with van der Waals surface area (Å²) < 4.78 is 5.09. The average Bonchev–Trinajstić information content (AvgIpc) is 2.29. The van der Waals surface area contributed by atoms with Crippen LogP contribution < -0.4 is 15.4 Å². The van der Waals surface area contributed by atoms with Gasteiger partial charge in [-0.25, -0.2) is 9.97 Å². The maximum atomic E-state index is 5.53. The molecule has 0 bridgehead atoms. The van der Waals surface area contributed by atoms with Crippen LogP contribution in [0.5, 0.6) is 5.88 Å². The summed E-state index contributed by atoms with van der Waals surface area (Å²) in [7, 11) is 1.60. The standard InChI is InChI=1S/C11H20N4O/c1-9(2)15(6-4-5-12)10-7-11(16-3)14-8-13-10/h7-9H,4-6,12H2,1-3H3. The van der Waals surface area contributed by atoms with Crippen molar-refractivity contribution in [3.63, 3.8) is 0 Å². The van der Waals surface area contributed by atoms with Gasteiger partial charge >= 0.3 is 0 Å². The van der Waals surface area contributed by atoms with Gasteiger partial charge in [-0.3, -0.25) is 0 Å². The van der Waals surface area contributed by atoms with Crippen molar-refractivity contribution in [2.75, 3.05) is 25.1 Å². The van der Waals surface area contributed by atoms with E-state index in [0.29, 0.717) is 18.5 Å². The number of rotatable bonds is 6. The van der Waals surface area contributed by atoms with Gasteiger partial charge in [-0.15, -0.1) is 0 Å². The second kappa shape index (κ2) is 6.27. The predicted octanol–water partition coefficient (Wildman–Crippen LogP) is 1.05. The molecule has 0 unspecified atom stereocenters. The van der Waals surface area contributed by atoms with Crippen molar-refractivity contribution < 1.29 is 4.74 Å². The predicted molar refractivity (Wildman–Crippen MR) is 64.7 cm³/mol. The summed E-state index contributed by atoms with van der Waals surface area (Å²) in [6.07, 6.45) is 2.47. The third kappa shape index (κ3) is 3.34. The van der Waals surface area contributed by atoms with E-state index in [1.165, 1.54) is 6.33 Å². The van der Waals surface area contributed by atoms with Crippen LogP contribution in [0.15, 0.2) is 12.4 Å². The van der Waals surface area contributed by atoms with Gasteiger partial charge in [0.05, 0.1) is 7.11 Å². The zero-order chi connectivity index (χ0) is 12.0. The second-order valence-corrected chi connectivity index (χ2v) is 3.85. The van der Waals surface area contributed by atoms with Crippen LogP contribution >= 0.6 is 0 Å². The van der Waals surface area contributed by atoms with Crippen LogP contribution in [0, 0.1) is 0 Å². The molecule has 0 aliphatic heterocycles. The fourth-order valence-corrected chi connectivity index (χ4v) is 1.50. The molecule has 0 spiro atoms. The highest BCUT2D eigenvalue weighted by Crippen LogP contribution is 2.17. The minimum Gasteiger partial charge on any atom is -0.481 e. The molecule has 1 aromatic rings. The van der Waals surface area contributed by atoms with Crippen LogP contribution in [0.1, 0.15) is 20.3 Å². The van der Waals surface area contributed by atoms with Gasteiger partial charge in [0.15, 0.2) is 0 Å². The van der Waals surface area contributed by atoms with E-state index < -0.39 is 0 Å². The summed E-state index contributed by atoms with van der Waals surface area (Å²) in [5.74, 6) is 1.47. The Balaban J connectivity index is 2.82. The normalized spacial score (nSPS) is 10.6. The molecule has 0 fully saturated rings. The van der Waals surface area contributed by atoms with E-state index in [1.807, 2.05) is 6.07 Å². The number of methoxy groups -OCH3 is 1. The Kier molecular flexibility index (Phi) is 4.98. The lowest BCUT2D eigenvalue weighted by atomic mass is 10.3. The van der Waals surface area contributed by atoms with Crippen LogP contribution in [0.2, 0.25) is 0 Å². The zero-order valence-corrected chi connectivity index (χ0v) is 10.2. The lowest BCUT2D eigenvalue weighted by Gasteiger charge is -2.27. The molecule has 0 atom stereocenters. The Bertz CT molecular complexity index is 317. The number of hydrogen-bond acceptors (Lipinski definition) is 5. The topological polar surface area (TPSA) is 64.3 Å². The maximum absolute atomic E-state index is 5.53. The number of hydrogen-bond donors (Lipinski definition) is 1. The quantitative estimate of drug-likeness (QED) is 0.782. The van der Waals surface area contributed by atoms with Crippen LogP contribution in [0.25, 0.3) is 0 Å². The number of aromatic nitrogens is 2. The van der Waals surface area contributed by atoms with Gasteiger partial charge in [0.2, 0.25) is 5.88 Å².